The Morgan fingerprint density at radius 1 is 1.22 bits per heavy atom. The van der Waals surface area contributed by atoms with Crippen molar-refractivity contribution in [2.75, 3.05) is 13.2 Å². The fraction of sp³-hybridized carbons (Fsp3) is 0.471. The van der Waals surface area contributed by atoms with Crippen molar-refractivity contribution in [1.82, 2.24) is 9.88 Å². The van der Waals surface area contributed by atoms with Crippen LogP contribution in [0.25, 0.3) is 11.3 Å². The number of piperidine rings is 1. The minimum absolute atomic E-state index is 0.182. The van der Waals surface area contributed by atoms with E-state index < -0.39 is 0 Å². The van der Waals surface area contributed by atoms with Crippen molar-refractivity contribution in [3.63, 3.8) is 0 Å². The second-order valence-electron chi connectivity index (χ2n) is 6.24. The molecule has 3 heterocycles. The van der Waals surface area contributed by atoms with E-state index in [9.17, 15) is 9.50 Å². The predicted octanol–water partition coefficient (Wildman–Crippen LogP) is 2.20. The number of morpholine rings is 1. The van der Waals surface area contributed by atoms with Crippen LogP contribution in [0, 0.1) is 5.82 Å². The molecule has 122 valence electrons. The molecule has 1 N–H and O–H groups in total. The molecule has 0 saturated carbocycles. The van der Waals surface area contributed by atoms with Gasteiger partial charge in [-0.15, -0.1) is 0 Å². The highest BCUT2D eigenvalue weighted by atomic mass is 19.1. The van der Waals surface area contributed by atoms with Crippen molar-refractivity contribution in [3.8, 4) is 11.3 Å². The van der Waals surface area contributed by atoms with E-state index in [4.69, 9.17) is 9.15 Å². The molecule has 23 heavy (non-hydrogen) atoms. The lowest BCUT2D eigenvalue weighted by atomic mass is 9.92. The molecule has 2 fully saturated rings. The van der Waals surface area contributed by atoms with E-state index in [1.807, 2.05) is 0 Å². The zero-order chi connectivity index (χ0) is 15.8. The van der Waals surface area contributed by atoms with E-state index in [-0.39, 0.29) is 24.0 Å². The maximum atomic E-state index is 13.8. The highest BCUT2D eigenvalue weighted by molar-refractivity contribution is 5.56. The van der Waals surface area contributed by atoms with Gasteiger partial charge in [-0.1, -0.05) is 12.1 Å². The maximum Gasteiger partial charge on any atom is 0.209 e. The molecule has 0 radical (unpaired) electrons. The van der Waals surface area contributed by atoms with Crippen molar-refractivity contribution in [2.45, 2.75) is 37.6 Å². The summed E-state index contributed by atoms with van der Waals surface area (Å²) in [5.74, 6) is 0.690. The van der Waals surface area contributed by atoms with Crippen LogP contribution >= 0.6 is 0 Å². The number of rotatable bonds is 3. The molecule has 1 unspecified atom stereocenters. The smallest absolute Gasteiger partial charge is 0.209 e. The molecule has 0 amide bonds. The van der Waals surface area contributed by atoms with Crippen molar-refractivity contribution < 1.29 is 18.7 Å². The quantitative estimate of drug-likeness (QED) is 0.940. The van der Waals surface area contributed by atoms with Crippen molar-refractivity contribution in [2.24, 2.45) is 0 Å². The van der Waals surface area contributed by atoms with Crippen LogP contribution < -0.4 is 0 Å². The SMILES string of the molecule is OC1C[C@H]2COC[C@@H](C1)N2Cc1ncc(-c2ccccc2F)o1. The molecule has 2 aliphatic heterocycles. The molecule has 2 saturated heterocycles. The molecule has 2 aliphatic rings. The van der Waals surface area contributed by atoms with Crippen LogP contribution in [-0.4, -0.2) is 46.4 Å². The van der Waals surface area contributed by atoms with Crippen molar-refractivity contribution in [1.29, 1.82) is 0 Å². The van der Waals surface area contributed by atoms with Crippen LogP contribution in [0.3, 0.4) is 0 Å². The Bertz CT molecular complexity index is 676. The number of nitrogens with zero attached hydrogens (tertiary/aromatic N) is 2. The standard InChI is InChI=1S/C17H19FN2O3/c18-15-4-2-1-3-14(15)16-7-19-17(23-16)8-20-11-5-13(21)6-12(20)10-22-9-11/h1-4,7,11-13,21H,5-6,8-10H2/t11-,12+,13?. The van der Waals surface area contributed by atoms with E-state index in [2.05, 4.69) is 9.88 Å². The number of fused-ring (bicyclic) bond motifs is 2. The van der Waals surface area contributed by atoms with E-state index in [0.29, 0.717) is 49.8 Å². The predicted molar refractivity (Wildman–Crippen MR) is 81.1 cm³/mol. The summed E-state index contributed by atoms with van der Waals surface area (Å²) in [7, 11) is 0. The number of hydrogen-bond acceptors (Lipinski definition) is 5. The van der Waals surface area contributed by atoms with Crippen LogP contribution in [0.15, 0.2) is 34.9 Å². The maximum absolute atomic E-state index is 13.8. The van der Waals surface area contributed by atoms with Crippen molar-refractivity contribution in [3.05, 3.63) is 42.2 Å². The zero-order valence-corrected chi connectivity index (χ0v) is 12.7. The molecule has 2 aromatic rings. The first kappa shape index (κ1) is 14.8. The third-order valence-electron chi connectivity index (χ3n) is 4.66. The lowest BCUT2D eigenvalue weighted by molar-refractivity contribution is -0.110. The summed E-state index contributed by atoms with van der Waals surface area (Å²) in [5.41, 5.74) is 0.420. The van der Waals surface area contributed by atoms with E-state index >= 15 is 0 Å². The fourth-order valence-corrected chi connectivity index (χ4v) is 3.54. The number of halogens is 1. The molecular formula is C17H19FN2O3. The molecule has 0 aliphatic carbocycles. The van der Waals surface area contributed by atoms with Gasteiger partial charge in [0.05, 0.1) is 37.6 Å². The van der Waals surface area contributed by atoms with Gasteiger partial charge < -0.3 is 14.3 Å². The second kappa shape index (κ2) is 6.03. The van der Waals surface area contributed by atoms with Gasteiger partial charge in [-0.25, -0.2) is 9.37 Å². The first-order chi connectivity index (χ1) is 11.2. The molecule has 3 atom stereocenters. The molecule has 2 bridgehead atoms. The summed E-state index contributed by atoms with van der Waals surface area (Å²) in [6, 6.07) is 6.87. The van der Waals surface area contributed by atoms with Crippen LogP contribution in [0.4, 0.5) is 4.39 Å². The number of benzene rings is 1. The average Bonchev–Trinajstić information content (AvgIpc) is 2.97. The summed E-state index contributed by atoms with van der Waals surface area (Å²) < 4.78 is 25.2. The van der Waals surface area contributed by atoms with Gasteiger partial charge in [0.2, 0.25) is 5.89 Å². The Morgan fingerprint density at radius 3 is 2.70 bits per heavy atom. The number of oxazole rings is 1. The average molecular weight is 318 g/mol. The Hall–Kier alpha value is -1.76. The largest absolute Gasteiger partial charge is 0.439 e. The monoisotopic (exact) mass is 318 g/mol. The summed E-state index contributed by atoms with van der Waals surface area (Å²) in [6.45, 7) is 1.79. The highest BCUT2D eigenvalue weighted by Gasteiger charge is 2.39. The van der Waals surface area contributed by atoms with Crippen LogP contribution in [0.5, 0.6) is 0 Å². The number of aliphatic hydroxyl groups excluding tert-OH is 1. The molecule has 6 heteroatoms. The number of ether oxygens (including phenoxy) is 1. The minimum atomic E-state index is -0.318. The highest BCUT2D eigenvalue weighted by Crippen LogP contribution is 2.30. The lowest BCUT2D eigenvalue weighted by Gasteiger charge is -2.46. The lowest BCUT2D eigenvalue weighted by Crippen LogP contribution is -2.57. The Morgan fingerprint density at radius 2 is 1.96 bits per heavy atom. The van der Waals surface area contributed by atoms with Gasteiger partial charge in [0, 0.05) is 12.1 Å². The third kappa shape index (κ3) is 2.89. The first-order valence-corrected chi connectivity index (χ1v) is 7.92. The zero-order valence-electron chi connectivity index (χ0n) is 12.7. The van der Waals surface area contributed by atoms with E-state index in [1.54, 1.807) is 24.4 Å². The molecule has 4 rings (SSSR count). The molecule has 5 nitrogen and oxygen atoms in total. The fourth-order valence-electron chi connectivity index (χ4n) is 3.54. The van der Waals surface area contributed by atoms with Gasteiger partial charge in [0.25, 0.3) is 0 Å². The van der Waals surface area contributed by atoms with Gasteiger partial charge in [0.1, 0.15) is 5.82 Å². The van der Waals surface area contributed by atoms with E-state index in [0.717, 1.165) is 0 Å². The molecule has 0 spiro atoms. The van der Waals surface area contributed by atoms with Crippen LogP contribution in [-0.2, 0) is 11.3 Å². The van der Waals surface area contributed by atoms with Gasteiger partial charge in [-0.2, -0.15) is 0 Å². The molecular weight excluding hydrogens is 299 g/mol. The molecule has 1 aromatic heterocycles. The van der Waals surface area contributed by atoms with Gasteiger partial charge in [-0.05, 0) is 25.0 Å². The Labute approximate surface area is 133 Å². The van der Waals surface area contributed by atoms with Crippen LogP contribution in [0.2, 0.25) is 0 Å². The molecule has 1 aromatic carbocycles. The summed E-state index contributed by atoms with van der Waals surface area (Å²) in [6.07, 6.45) is 2.72. The summed E-state index contributed by atoms with van der Waals surface area (Å²) in [5, 5.41) is 9.92. The Kier molecular flexibility index (Phi) is 3.88. The van der Waals surface area contributed by atoms with Crippen LogP contribution in [0.1, 0.15) is 18.7 Å². The number of aliphatic hydroxyl groups is 1. The minimum Gasteiger partial charge on any atom is -0.439 e. The van der Waals surface area contributed by atoms with Gasteiger partial charge >= 0.3 is 0 Å². The topological polar surface area (TPSA) is 58.7 Å². The summed E-state index contributed by atoms with van der Waals surface area (Å²) >= 11 is 0. The second-order valence-corrected chi connectivity index (χ2v) is 6.24. The summed E-state index contributed by atoms with van der Waals surface area (Å²) in [4.78, 5) is 6.58. The van der Waals surface area contributed by atoms with Crippen molar-refractivity contribution >= 4 is 0 Å². The Balaban J connectivity index is 1.53. The number of hydrogen-bond donors (Lipinski definition) is 1. The third-order valence-corrected chi connectivity index (χ3v) is 4.66. The van der Waals surface area contributed by atoms with E-state index in [1.165, 1.54) is 6.07 Å². The normalized spacial score (nSPS) is 28.0. The van der Waals surface area contributed by atoms with Gasteiger partial charge in [0.15, 0.2) is 5.76 Å². The first-order valence-electron chi connectivity index (χ1n) is 7.92. The van der Waals surface area contributed by atoms with Gasteiger partial charge in [-0.3, -0.25) is 4.90 Å². The number of aromatic nitrogens is 1.